The van der Waals surface area contributed by atoms with Crippen LogP contribution < -0.4 is 21.5 Å². The van der Waals surface area contributed by atoms with Crippen molar-refractivity contribution in [2.24, 2.45) is 11.5 Å². The first-order valence-corrected chi connectivity index (χ1v) is 29.7. The fraction of sp³-hybridized carbons (Fsp3) is 0.944. The van der Waals surface area contributed by atoms with Crippen molar-refractivity contribution in [3.63, 3.8) is 0 Å². The van der Waals surface area contributed by atoms with E-state index in [0.29, 0.717) is 12.8 Å². The largest absolute Gasteiger partial charge is 2.00 e. The topological polar surface area (TPSA) is 244 Å². The van der Waals surface area contributed by atoms with Crippen LogP contribution in [0.15, 0.2) is 0 Å². The minimum absolute atomic E-state index is 0. The van der Waals surface area contributed by atoms with Crippen LogP contribution in [0.3, 0.4) is 0 Å². The number of nitrogens with two attached hydrogens (primary N) is 2. The van der Waals surface area contributed by atoms with E-state index in [4.69, 9.17) is 30.6 Å². The molecule has 0 radical (unpaired) electrons. The average molecular weight is 1200 g/mol. The molecule has 16 heteroatoms. The van der Waals surface area contributed by atoms with Gasteiger partial charge >= 0.3 is 33.0 Å². The summed E-state index contributed by atoms with van der Waals surface area (Å²) in [4.78, 5) is 46.9. The number of ether oxygens (including phenoxy) is 2. The predicted octanol–water partition coefficient (Wildman–Crippen LogP) is 11.3. The summed E-state index contributed by atoms with van der Waals surface area (Å²) in [7, 11) is -4.85. The number of carbonyl (C=O) groups is 3. The second kappa shape index (κ2) is 55.8. The molecule has 1 saturated carbocycles. The van der Waals surface area contributed by atoms with Gasteiger partial charge in [-0.1, -0.05) is 226 Å². The van der Waals surface area contributed by atoms with Gasteiger partial charge in [-0.3, -0.25) is 14.2 Å². The first-order valence-electron chi connectivity index (χ1n) is 28.3. The molecule has 0 aromatic rings. The number of rotatable bonds is 46. The van der Waals surface area contributed by atoms with E-state index < -0.39 is 57.8 Å². The van der Waals surface area contributed by atoms with Gasteiger partial charge in [0.15, 0.2) is 6.10 Å². The molecule has 0 heterocycles. The van der Waals surface area contributed by atoms with Crippen molar-refractivity contribution in [1.82, 2.24) is 0 Å². The number of carbonyl (C=O) groups excluding carboxylic acids is 3. The number of hydrogen-bond donors (Lipinski definition) is 4. The minimum atomic E-state index is -4.85. The van der Waals surface area contributed by atoms with E-state index in [-0.39, 0.29) is 59.0 Å². The first kappa shape index (κ1) is 73.3. The van der Waals surface area contributed by atoms with Crippen molar-refractivity contribution in [2.75, 3.05) is 26.4 Å². The number of hydrogen-bond acceptors (Lipinski definition) is 14. The molecule has 3 unspecified atom stereocenters. The van der Waals surface area contributed by atoms with Crippen molar-refractivity contribution in [3.8, 4) is 0 Å². The molecule has 1 aliphatic rings. The van der Waals surface area contributed by atoms with E-state index in [1.54, 1.807) is 0 Å². The summed E-state index contributed by atoms with van der Waals surface area (Å²) < 4.78 is 32.1. The molecule has 0 aromatic heterocycles. The molecule has 0 amide bonds. The zero-order chi connectivity index (χ0) is 51.5. The summed E-state index contributed by atoms with van der Waals surface area (Å²) in [6.07, 6.45) is 42.2. The number of aliphatic hydroxyl groups excluding tert-OH is 2. The second-order valence-corrected chi connectivity index (χ2v) is 20.9. The Hall–Kier alpha value is -0.952. The van der Waals surface area contributed by atoms with Crippen LogP contribution in [0.1, 0.15) is 278 Å². The molecule has 420 valence electrons. The maximum atomic E-state index is 12.5. The summed E-state index contributed by atoms with van der Waals surface area (Å²) in [6.45, 7) is 4.41. The van der Waals surface area contributed by atoms with E-state index in [1.807, 2.05) is 0 Å². The number of esters is 2. The SMILES string of the molecule is CCCCCCCCCCCCCC(=O)OCC(COP(=O)([O-])OCC(O)CO)OC(=O)CCCCCCCCCCCCC.CCCCCCCCCCCCCC(=O)[O-].N[C@H]1CCCC[C@@H]1N.[Pt+2]. The van der Waals surface area contributed by atoms with Gasteiger partial charge in [0.05, 0.1) is 19.8 Å². The molecular formula is C54H107N2O12PPt. The Kier molecular flexibility index (Phi) is 58.4. The molecule has 6 N–H and O–H groups in total. The number of aliphatic hydroxyl groups is 2. The van der Waals surface area contributed by atoms with Gasteiger partial charge in [-0.2, -0.15) is 0 Å². The van der Waals surface area contributed by atoms with Gasteiger partial charge in [-0.15, -0.1) is 0 Å². The molecule has 0 aliphatic heterocycles. The molecule has 14 nitrogen and oxygen atoms in total. The van der Waals surface area contributed by atoms with Gasteiger partial charge in [-0.05, 0) is 38.5 Å². The van der Waals surface area contributed by atoms with Crippen LogP contribution in [-0.2, 0) is 58.5 Å². The number of unbranched alkanes of at least 4 members (excludes halogenated alkanes) is 30. The number of aliphatic carboxylic acids is 1. The van der Waals surface area contributed by atoms with Crippen LogP contribution in [0, 0.1) is 0 Å². The molecule has 0 saturated heterocycles. The number of carboxylic acid groups (broad SMARTS) is 1. The summed E-state index contributed by atoms with van der Waals surface area (Å²) in [6, 6.07) is 0.562. The third-order valence-corrected chi connectivity index (χ3v) is 13.5. The van der Waals surface area contributed by atoms with E-state index in [0.717, 1.165) is 64.2 Å². The molecule has 0 bridgehead atoms. The number of phosphoric acid groups is 1. The molecule has 1 aliphatic carbocycles. The Morgan fingerprint density at radius 1 is 0.529 bits per heavy atom. The van der Waals surface area contributed by atoms with Crippen molar-refractivity contribution in [1.29, 1.82) is 0 Å². The molecule has 0 spiro atoms. The third-order valence-electron chi connectivity index (χ3n) is 12.6. The fourth-order valence-corrected chi connectivity index (χ4v) is 8.83. The summed E-state index contributed by atoms with van der Waals surface area (Å²) in [5.41, 5.74) is 11.3. The Labute approximate surface area is 442 Å². The Bertz CT molecular complexity index is 1180. The summed E-state index contributed by atoms with van der Waals surface area (Å²) in [5.74, 6) is -1.86. The van der Waals surface area contributed by atoms with Crippen molar-refractivity contribution < 1.29 is 78.7 Å². The average Bonchev–Trinajstić information content (AvgIpc) is 3.33. The van der Waals surface area contributed by atoms with E-state index >= 15 is 0 Å². The van der Waals surface area contributed by atoms with Gasteiger partial charge in [0.2, 0.25) is 0 Å². The molecule has 1 rings (SSSR count). The monoisotopic (exact) mass is 1200 g/mol. The standard InChI is InChI=1S/C34H67O10P.C14H28O2.C6H14N2.Pt/c1-3-5-7-9-11-13-15-17-19-21-23-25-33(37)41-29-32(30-43-45(39,40)42-28-31(36)27-35)44-34(38)26-24-22-20-18-16-14-12-10-8-6-4-2;1-2-3-4-5-6-7-8-9-10-11-12-13-14(15)16;7-5-3-1-2-4-6(5)8;/h31-32,35-36H,3-30H2,1-2H3,(H,39,40);2-13H2,1H3,(H,15,16);5-6H,1-4,7-8H2;/q;;;+2/p-2/t;;5-,6-;/m..0./s1. The molecule has 5 atom stereocenters. The smallest absolute Gasteiger partial charge is 0.756 e. The fourth-order valence-electron chi connectivity index (χ4n) is 8.05. The maximum Gasteiger partial charge on any atom is 2.00 e. The predicted molar refractivity (Wildman–Crippen MR) is 276 cm³/mol. The van der Waals surface area contributed by atoms with Crippen LogP contribution in [0.25, 0.3) is 0 Å². The van der Waals surface area contributed by atoms with Gasteiger partial charge in [0, 0.05) is 30.9 Å². The van der Waals surface area contributed by atoms with Crippen LogP contribution in [0.5, 0.6) is 0 Å². The zero-order valence-corrected chi connectivity index (χ0v) is 48.0. The minimum Gasteiger partial charge on any atom is -0.756 e. The molecule has 0 aromatic carbocycles. The van der Waals surface area contributed by atoms with Gasteiger partial charge in [0.25, 0.3) is 7.82 Å². The summed E-state index contributed by atoms with van der Waals surface area (Å²) >= 11 is 0. The number of phosphoric ester groups is 1. The molecule has 70 heavy (non-hydrogen) atoms. The Morgan fingerprint density at radius 3 is 1.17 bits per heavy atom. The van der Waals surface area contributed by atoms with E-state index in [1.165, 1.54) is 161 Å². The quantitative estimate of drug-likeness (QED) is 0.0252. The number of carboxylic acids is 1. The third kappa shape index (κ3) is 56.3. The Balaban J connectivity index is -0.00000145. The second-order valence-electron chi connectivity index (χ2n) is 19.5. The van der Waals surface area contributed by atoms with Crippen molar-refractivity contribution in [2.45, 2.75) is 302 Å². The van der Waals surface area contributed by atoms with Gasteiger partial charge in [-0.25, -0.2) is 0 Å². The summed E-state index contributed by atoms with van der Waals surface area (Å²) in [5, 5.41) is 28.3. The van der Waals surface area contributed by atoms with Gasteiger partial charge < -0.3 is 55.0 Å². The maximum absolute atomic E-state index is 12.5. The van der Waals surface area contributed by atoms with Crippen LogP contribution in [0.2, 0.25) is 0 Å². The normalized spacial score (nSPS) is 16.1. The van der Waals surface area contributed by atoms with E-state index in [9.17, 15) is 34.1 Å². The molecular weight excluding hydrogens is 1090 g/mol. The zero-order valence-electron chi connectivity index (χ0n) is 44.8. The van der Waals surface area contributed by atoms with Crippen molar-refractivity contribution >= 4 is 25.7 Å². The van der Waals surface area contributed by atoms with E-state index in [2.05, 4.69) is 25.3 Å². The Morgan fingerprint density at radius 2 is 0.843 bits per heavy atom. The van der Waals surface area contributed by atoms with Crippen molar-refractivity contribution in [3.05, 3.63) is 0 Å². The van der Waals surface area contributed by atoms with Gasteiger partial charge in [0.1, 0.15) is 12.7 Å². The van der Waals surface area contributed by atoms with Crippen LogP contribution >= 0.6 is 7.82 Å². The first-order chi connectivity index (χ1) is 33.3. The molecule has 1 fully saturated rings. The van der Waals surface area contributed by atoms with Crippen LogP contribution in [-0.4, -0.2) is 78.8 Å². The van der Waals surface area contributed by atoms with Crippen LogP contribution in [0.4, 0.5) is 0 Å².